The molecule has 0 spiro atoms. The average molecular weight is 238 g/mol. The van der Waals surface area contributed by atoms with Gasteiger partial charge in [-0.05, 0) is 64.2 Å². The van der Waals surface area contributed by atoms with Crippen LogP contribution in [0.2, 0.25) is 0 Å². The Morgan fingerprint density at radius 1 is 0.889 bits per heavy atom. The van der Waals surface area contributed by atoms with Crippen LogP contribution in [0.15, 0.2) is 42.5 Å². The van der Waals surface area contributed by atoms with E-state index in [2.05, 4.69) is 31.2 Å². The molecule has 0 bridgehead atoms. The van der Waals surface area contributed by atoms with Crippen LogP contribution in [0.25, 0.3) is 21.5 Å². The monoisotopic (exact) mass is 238 g/mol. The molecule has 0 radical (unpaired) electrons. The summed E-state index contributed by atoms with van der Waals surface area (Å²) >= 11 is 0. The Balaban J connectivity index is 2.49. The van der Waals surface area contributed by atoms with Gasteiger partial charge in [0.2, 0.25) is 0 Å². The Hall–Kier alpha value is -1.89. The summed E-state index contributed by atoms with van der Waals surface area (Å²) in [5.41, 5.74) is 3.01. The first-order valence-corrected chi connectivity index (χ1v) is 6.18. The molecule has 0 unspecified atom stereocenters. The number of benzene rings is 3. The minimum Gasteiger partial charge on any atom is -0.246 e. The Labute approximate surface area is 106 Å². The molecule has 0 saturated carbocycles. The van der Waals surface area contributed by atoms with Crippen molar-refractivity contribution in [3.63, 3.8) is 0 Å². The quantitative estimate of drug-likeness (QED) is 0.519. The van der Waals surface area contributed by atoms with E-state index in [1.807, 2.05) is 25.1 Å². The standard InChI is InChI=1S/C17H15F/c1-11-7-15(10-18)12(2)17-9-14-6-4-3-5-13(14)8-16(11)17/h3-9H,10H2,1-2H3. The van der Waals surface area contributed by atoms with E-state index in [-0.39, 0.29) is 0 Å². The van der Waals surface area contributed by atoms with Gasteiger partial charge in [-0.25, -0.2) is 4.39 Å². The molecule has 0 fully saturated rings. The van der Waals surface area contributed by atoms with Gasteiger partial charge in [0.05, 0.1) is 0 Å². The van der Waals surface area contributed by atoms with Crippen molar-refractivity contribution in [3.05, 3.63) is 59.2 Å². The van der Waals surface area contributed by atoms with Gasteiger partial charge >= 0.3 is 0 Å². The van der Waals surface area contributed by atoms with Crippen LogP contribution in [0, 0.1) is 13.8 Å². The maximum atomic E-state index is 13.0. The zero-order valence-corrected chi connectivity index (χ0v) is 10.6. The van der Waals surface area contributed by atoms with Gasteiger partial charge in [-0.15, -0.1) is 0 Å². The average Bonchev–Trinajstić information content (AvgIpc) is 2.41. The molecular formula is C17H15F. The van der Waals surface area contributed by atoms with Crippen molar-refractivity contribution in [1.82, 2.24) is 0 Å². The van der Waals surface area contributed by atoms with Gasteiger partial charge in [0.1, 0.15) is 6.67 Å². The molecule has 0 saturated heterocycles. The number of aryl methyl sites for hydroxylation is 2. The second-order valence-corrected chi connectivity index (χ2v) is 4.86. The van der Waals surface area contributed by atoms with Crippen LogP contribution < -0.4 is 0 Å². The molecular weight excluding hydrogens is 223 g/mol. The van der Waals surface area contributed by atoms with Crippen molar-refractivity contribution in [2.45, 2.75) is 20.5 Å². The normalized spacial score (nSPS) is 11.3. The lowest BCUT2D eigenvalue weighted by molar-refractivity contribution is 0.484. The molecule has 0 aliphatic heterocycles. The first-order valence-electron chi connectivity index (χ1n) is 6.18. The van der Waals surface area contributed by atoms with Crippen molar-refractivity contribution in [3.8, 4) is 0 Å². The number of fused-ring (bicyclic) bond motifs is 2. The predicted octanol–water partition coefficient (Wildman–Crippen LogP) is 5.08. The van der Waals surface area contributed by atoms with Gasteiger partial charge in [0.25, 0.3) is 0 Å². The largest absolute Gasteiger partial charge is 0.246 e. The minimum atomic E-state index is -0.393. The highest BCUT2D eigenvalue weighted by Crippen LogP contribution is 2.30. The summed E-state index contributed by atoms with van der Waals surface area (Å²) in [6.45, 7) is 3.66. The summed E-state index contributed by atoms with van der Waals surface area (Å²) < 4.78 is 13.0. The second-order valence-electron chi connectivity index (χ2n) is 4.86. The first-order chi connectivity index (χ1) is 8.70. The molecule has 0 heterocycles. The number of rotatable bonds is 1. The summed E-state index contributed by atoms with van der Waals surface area (Å²) in [6, 6.07) is 14.6. The zero-order valence-electron chi connectivity index (χ0n) is 10.6. The highest BCUT2D eigenvalue weighted by molar-refractivity contribution is 6.01. The number of alkyl halides is 1. The third-order valence-electron chi connectivity index (χ3n) is 3.73. The SMILES string of the molecule is Cc1cc(CF)c(C)c2cc3ccccc3cc12. The molecule has 0 aliphatic rings. The lowest BCUT2D eigenvalue weighted by atomic mass is 9.94. The van der Waals surface area contributed by atoms with E-state index < -0.39 is 6.67 Å². The predicted molar refractivity (Wildman–Crippen MR) is 75.7 cm³/mol. The van der Waals surface area contributed by atoms with Crippen molar-refractivity contribution in [1.29, 1.82) is 0 Å². The fraction of sp³-hybridized carbons (Fsp3) is 0.176. The van der Waals surface area contributed by atoms with Crippen LogP contribution >= 0.6 is 0 Å². The molecule has 3 aromatic rings. The Morgan fingerprint density at radius 3 is 2.11 bits per heavy atom. The molecule has 0 aliphatic carbocycles. The van der Waals surface area contributed by atoms with E-state index in [0.717, 1.165) is 16.7 Å². The summed E-state index contributed by atoms with van der Waals surface area (Å²) in [5, 5.41) is 4.84. The lowest BCUT2D eigenvalue weighted by Crippen LogP contribution is -1.91. The van der Waals surface area contributed by atoms with Gasteiger partial charge in [0, 0.05) is 0 Å². The van der Waals surface area contributed by atoms with Crippen molar-refractivity contribution in [2.75, 3.05) is 0 Å². The maximum absolute atomic E-state index is 13.0. The molecule has 3 aromatic carbocycles. The smallest absolute Gasteiger partial charge is 0.115 e. The molecule has 0 amide bonds. The fourth-order valence-electron chi connectivity index (χ4n) is 2.64. The summed E-state index contributed by atoms with van der Waals surface area (Å²) in [4.78, 5) is 0. The third kappa shape index (κ3) is 1.59. The third-order valence-corrected chi connectivity index (χ3v) is 3.73. The Bertz CT molecular complexity index is 741. The van der Waals surface area contributed by atoms with Gasteiger partial charge in [-0.2, -0.15) is 0 Å². The topological polar surface area (TPSA) is 0 Å². The fourth-order valence-corrected chi connectivity index (χ4v) is 2.64. The van der Waals surface area contributed by atoms with E-state index in [0.29, 0.717) is 0 Å². The summed E-state index contributed by atoms with van der Waals surface area (Å²) in [5.74, 6) is 0. The van der Waals surface area contributed by atoms with E-state index in [9.17, 15) is 4.39 Å². The number of hydrogen-bond donors (Lipinski definition) is 0. The van der Waals surface area contributed by atoms with E-state index >= 15 is 0 Å². The second kappa shape index (κ2) is 4.09. The molecule has 0 nitrogen and oxygen atoms in total. The van der Waals surface area contributed by atoms with Crippen molar-refractivity contribution in [2.24, 2.45) is 0 Å². The van der Waals surface area contributed by atoms with Gasteiger partial charge in [0.15, 0.2) is 0 Å². The van der Waals surface area contributed by atoms with Crippen LogP contribution in [0.4, 0.5) is 4.39 Å². The Morgan fingerprint density at radius 2 is 1.50 bits per heavy atom. The van der Waals surface area contributed by atoms with E-state index in [1.54, 1.807) is 0 Å². The molecule has 18 heavy (non-hydrogen) atoms. The van der Waals surface area contributed by atoms with Gasteiger partial charge < -0.3 is 0 Å². The number of hydrogen-bond acceptors (Lipinski definition) is 0. The highest BCUT2D eigenvalue weighted by Gasteiger charge is 2.07. The van der Waals surface area contributed by atoms with E-state index in [4.69, 9.17) is 0 Å². The summed E-state index contributed by atoms with van der Waals surface area (Å²) in [6.07, 6.45) is 0. The van der Waals surface area contributed by atoms with Crippen molar-refractivity contribution < 1.29 is 4.39 Å². The lowest BCUT2D eigenvalue weighted by Gasteiger charge is -2.11. The molecule has 1 heteroatoms. The maximum Gasteiger partial charge on any atom is 0.115 e. The highest BCUT2D eigenvalue weighted by atomic mass is 19.1. The molecule has 90 valence electrons. The van der Waals surface area contributed by atoms with Crippen LogP contribution in [0.1, 0.15) is 16.7 Å². The number of halogens is 1. The van der Waals surface area contributed by atoms with Crippen LogP contribution in [0.5, 0.6) is 0 Å². The molecule has 0 atom stereocenters. The van der Waals surface area contributed by atoms with Crippen LogP contribution in [-0.4, -0.2) is 0 Å². The molecule has 0 aromatic heterocycles. The van der Waals surface area contributed by atoms with Gasteiger partial charge in [-0.1, -0.05) is 30.3 Å². The minimum absolute atomic E-state index is 0.393. The zero-order chi connectivity index (χ0) is 12.7. The Kier molecular flexibility index (Phi) is 2.55. The van der Waals surface area contributed by atoms with Crippen LogP contribution in [-0.2, 0) is 6.67 Å². The van der Waals surface area contributed by atoms with E-state index in [1.165, 1.54) is 21.5 Å². The molecule has 0 N–H and O–H groups in total. The first kappa shape index (κ1) is 11.2. The van der Waals surface area contributed by atoms with Crippen molar-refractivity contribution >= 4 is 21.5 Å². The summed E-state index contributed by atoms with van der Waals surface area (Å²) in [7, 11) is 0. The van der Waals surface area contributed by atoms with Crippen LogP contribution in [0.3, 0.4) is 0 Å². The van der Waals surface area contributed by atoms with Gasteiger partial charge in [-0.3, -0.25) is 0 Å². The molecule has 3 rings (SSSR count).